The van der Waals surface area contributed by atoms with Gasteiger partial charge in [-0.3, -0.25) is 14.4 Å². The molecule has 1 amide bonds. The standard InChI is InChI=1S/C26H31N3O4S/c1-19-8-6-9-21(16-19)28-34(31,32)22-12-11-20(2)23(17-22)26(30)27-18-24(25-10-7-15-33-25)29-13-4-3-5-14-29/h6-12,15-17,24,28H,3-5,13-14,18H2,1-2H3,(H,27,30)/t24-/m1/s1. The SMILES string of the molecule is Cc1cccc(NS(=O)(=O)c2ccc(C)c(C(=O)NC[C@H](c3ccco3)N3CCCCC3)c2)c1. The maximum Gasteiger partial charge on any atom is 0.261 e. The molecule has 0 saturated carbocycles. The number of hydrogen-bond donors (Lipinski definition) is 2. The highest BCUT2D eigenvalue weighted by Gasteiger charge is 2.26. The largest absolute Gasteiger partial charge is 0.468 e. The van der Waals surface area contributed by atoms with Crippen molar-refractivity contribution in [2.75, 3.05) is 24.4 Å². The minimum absolute atomic E-state index is 0.0448. The zero-order valence-corrected chi connectivity index (χ0v) is 20.4. The summed E-state index contributed by atoms with van der Waals surface area (Å²) in [6, 6.07) is 15.5. The Morgan fingerprint density at radius 1 is 1.03 bits per heavy atom. The first-order valence-electron chi connectivity index (χ1n) is 11.6. The predicted octanol–water partition coefficient (Wildman–Crippen LogP) is 4.65. The van der Waals surface area contributed by atoms with Crippen molar-refractivity contribution in [2.24, 2.45) is 0 Å². The lowest BCUT2D eigenvalue weighted by molar-refractivity contribution is 0.0913. The molecule has 2 N–H and O–H groups in total. The van der Waals surface area contributed by atoms with E-state index in [1.165, 1.54) is 18.6 Å². The number of furan rings is 1. The molecule has 1 atom stereocenters. The van der Waals surface area contributed by atoms with E-state index < -0.39 is 10.0 Å². The second-order valence-electron chi connectivity index (χ2n) is 8.79. The number of nitrogens with one attached hydrogen (secondary N) is 2. The van der Waals surface area contributed by atoms with E-state index in [-0.39, 0.29) is 16.8 Å². The van der Waals surface area contributed by atoms with Gasteiger partial charge in [-0.15, -0.1) is 0 Å². The molecule has 0 aliphatic carbocycles. The lowest BCUT2D eigenvalue weighted by Gasteiger charge is -2.33. The van der Waals surface area contributed by atoms with Crippen molar-refractivity contribution in [1.82, 2.24) is 10.2 Å². The summed E-state index contributed by atoms with van der Waals surface area (Å²) in [7, 11) is -3.84. The Morgan fingerprint density at radius 3 is 2.53 bits per heavy atom. The number of aryl methyl sites for hydroxylation is 2. The Balaban J connectivity index is 1.51. The maximum atomic E-state index is 13.1. The number of carbonyl (C=O) groups excluding carboxylic acids is 1. The summed E-state index contributed by atoms with van der Waals surface area (Å²) < 4.78 is 34.2. The van der Waals surface area contributed by atoms with Gasteiger partial charge >= 0.3 is 0 Å². The lowest BCUT2D eigenvalue weighted by atomic mass is 10.1. The van der Waals surface area contributed by atoms with Crippen LogP contribution in [0, 0.1) is 13.8 Å². The van der Waals surface area contributed by atoms with Gasteiger partial charge in [-0.1, -0.05) is 24.6 Å². The van der Waals surface area contributed by atoms with Crippen LogP contribution in [-0.2, 0) is 10.0 Å². The molecule has 2 heterocycles. The van der Waals surface area contributed by atoms with Gasteiger partial charge in [-0.05, 0) is 87.3 Å². The number of likely N-dealkylation sites (tertiary alicyclic amines) is 1. The van der Waals surface area contributed by atoms with Crippen molar-refractivity contribution in [1.29, 1.82) is 0 Å². The number of hydrogen-bond acceptors (Lipinski definition) is 5. The van der Waals surface area contributed by atoms with Gasteiger partial charge in [0.2, 0.25) is 0 Å². The minimum Gasteiger partial charge on any atom is -0.468 e. The van der Waals surface area contributed by atoms with Gasteiger partial charge in [0.05, 0.1) is 17.2 Å². The van der Waals surface area contributed by atoms with E-state index >= 15 is 0 Å². The first-order valence-corrected chi connectivity index (χ1v) is 13.1. The van der Waals surface area contributed by atoms with E-state index in [1.54, 1.807) is 37.5 Å². The third-order valence-electron chi connectivity index (χ3n) is 6.19. The quantitative estimate of drug-likeness (QED) is 0.489. The molecule has 1 fully saturated rings. The summed E-state index contributed by atoms with van der Waals surface area (Å²) in [6.45, 7) is 5.99. The van der Waals surface area contributed by atoms with Crippen molar-refractivity contribution >= 4 is 21.6 Å². The molecule has 1 aliphatic heterocycles. The fourth-order valence-corrected chi connectivity index (χ4v) is 5.42. The molecule has 7 nitrogen and oxygen atoms in total. The molecule has 34 heavy (non-hydrogen) atoms. The number of anilines is 1. The van der Waals surface area contributed by atoms with Crippen LogP contribution < -0.4 is 10.0 Å². The van der Waals surface area contributed by atoms with Crippen molar-refractivity contribution in [3.8, 4) is 0 Å². The summed E-state index contributed by atoms with van der Waals surface area (Å²) in [5.41, 5.74) is 2.47. The lowest BCUT2D eigenvalue weighted by Crippen LogP contribution is -2.40. The molecule has 1 saturated heterocycles. The Hall–Kier alpha value is -3.10. The van der Waals surface area contributed by atoms with E-state index in [9.17, 15) is 13.2 Å². The van der Waals surface area contributed by atoms with Crippen LogP contribution in [0.5, 0.6) is 0 Å². The van der Waals surface area contributed by atoms with Crippen LogP contribution in [-0.4, -0.2) is 38.9 Å². The van der Waals surface area contributed by atoms with Crippen LogP contribution in [0.15, 0.2) is 70.2 Å². The number of amides is 1. The van der Waals surface area contributed by atoms with Gasteiger partial charge in [0.15, 0.2) is 0 Å². The van der Waals surface area contributed by atoms with Gasteiger partial charge in [-0.25, -0.2) is 8.42 Å². The maximum absolute atomic E-state index is 13.1. The van der Waals surface area contributed by atoms with E-state index in [2.05, 4.69) is 14.9 Å². The van der Waals surface area contributed by atoms with Crippen LogP contribution in [0.1, 0.15) is 52.5 Å². The van der Waals surface area contributed by atoms with Gasteiger partial charge in [0.25, 0.3) is 15.9 Å². The van der Waals surface area contributed by atoms with Crippen molar-refractivity contribution < 1.29 is 17.6 Å². The summed E-state index contributed by atoms with van der Waals surface area (Å²) in [4.78, 5) is 15.5. The summed E-state index contributed by atoms with van der Waals surface area (Å²) in [6.07, 6.45) is 5.11. The molecule has 2 aromatic carbocycles. The molecule has 0 radical (unpaired) electrons. The fraction of sp³-hybridized carbons (Fsp3) is 0.346. The molecular weight excluding hydrogens is 450 g/mol. The Labute approximate surface area is 201 Å². The Morgan fingerprint density at radius 2 is 1.82 bits per heavy atom. The molecule has 1 aliphatic rings. The van der Waals surface area contributed by atoms with Gasteiger partial charge in [0.1, 0.15) is 5.76 Å². The third-order valence-corrected chi connectivity index (χ3v) is 7.57. The average Bonchev–Trinajstić information content (AvgIpc) is 3.34. The first kappa shape index (κ1) is 24.0. The van der Waals surface area contributed by atoms with Crippen LogP contribution in [0.4, 0.5) is 5.69 Å². The highest BCUT2D eigenvalue weighted by Crippen LogP contribution is 2.25. The highest BCUT2D eigenvalue weighted by molar-refractivity contribution is 7.92. The van der Waals surface area contributed by atoms with Gasteiger partial charge in [0, 0.05) is 17.8 Å². The van der Waals surface area contributed by atoms with Crippen molar-refractivity contribution in [3.63, 3.8) is 0 Å². The van der Waals surface area contributed by atoms with Gasteiger partial charge < -0.3 is 9.73 Å². The molecule has 8 heteroatoms. The normalized spacial score (nSPS) is 15.6. The molecule has 0 bridgehead atoms. The van der Waals surface area contributed by atoms with Crippen LogP contribution in [0.2, 0.25) is 0 Å². The van der Waals surface area contributed by atoms with E-state index in [0.29, 0.717) is 23.4 Å². The monoisotopic (exact) mass is 481 g/mol. The van der Waals surface area contributed by atoms with Crippen LogP contribution in [0.3, 0.4) is 0 Å². The van der Waals surface area contributed by atoms with Crippen LogP contribution >= 0.6 is 0 Å². The molecule has 3 aromatic rings. The number of rotatable bonds is 8. The second kappa shape index (κ2) is 10.4. The predicted molar refractivity (Wildman–Crippen MR) is 132 cm³/mol. The van der Waals surface area contributed by atoms with Crippen molar-refractivity contribution in [2.45, 2.75) is 44.0 Å². The molecule has 180 valence electrons. The van der Waals surface area contributed by atoms with Crippen molar-refractivity contribution in [3.05, 3.63) is 83.3 Å². The Kier molecular flexibility index (Phi) is 7.38. The highest BCUT2D eigenvalue weighted by atomic mass is 32.2. The number of carbonyl (C=O) groups is 1. The zero-order chi connectivity index (χ0) is 24.1. The first-order chi connectivity index (χ1) is 16.3. The smallest absolute Gasteiger partial charge is 0.261 e. The molecule has 0 spiro atoms. The molecular formula is C26H31N3O4S. The second-order valence-corrected chi connectivity index (χ2v) is 10.5. The molecule has 0 unspecified atom stereocenters. The summed E-state index contributed by atoms with van der Waals surface area (Å²) >= 11 is 0. The molecule has 4 rings (SSSR count). The average molecular weight is 482 g/mol. The number of sulfonamides is 1. The zero-order valence-electron chi connectivity index (χ0n) is 19.6. The minimum atomic E-state index is -3.84. The summed E-state index contributed by atoms with van der Waals surface area (Å²) in [5.74, 6) is 0.510. The van der Waals surface area contributed by atoms with Crippen LogP contribution in [0.25, 0.3) is 0 Å². The molecule has 1 aromatic heterocycles. The van der Waals surface area contributed by atoms with E-state index in [1.807, 2.05) is 25.1 Å². The topological polar surface area (TPSA) is 91.6 Å². The fourth-order valence-electron chi connectivity index (χ4n) is 4.34. The van der Waals surface area contributed by atoms with E-state index in [0.717, 1.165) is 37.3 Å². The number of nitrogens with zero attached hydrogens (tertiary/aromatic N) is 1. The third kappa shape index (κ3) is 5.69. The Bertz CT molecular complexity index is 1230. The van der Waals surface area contributed by atoms with Gasteiger partial charge in [-0.2, -0.15) is 0 Å². The summed E-state index contributed by atoms with van der Waals surface area (Å²) in [5, 5.41) is 3.01. The van der Waals surface area contributed by atoms with E-state index in [4.69, 9.17) is 4.42 Å². The number of benzene rings is 2. The number of piperidine rings is 1.